The van der Waals surface area contributed by atoms with Gasteiger partial charge in [0.1, 0.15) is 17.6 Å². The maximum atomic E-state index is 12.6. The molecule has 0 atom stereocenters. The monoisotopic (exact) mass is 287 g/mol. The van der Waals surface area contributed by atoms with Crippen molar-refractivity contribution in [2.24, 2.45) is 0 Å². The van der Waals surface area contributed by atoms with Crippen LogP contribution in [0.2, 0.25) is 0 Å². The quantitative estimate of drug-likeness (QED) is 0.907. The van der Waals surface area contributed by atoms with E-state index in [2.05, 4.69) is 10.3 Å². The minimum Gasteiger partial charge on any atom is -0.366 e. The summed E-state index contributed by atoms with van der Waals surface area (Å²) in [5.41, 5.74) is -0.828. The fourth-order valence-electron chi connectivity index (χ4n) is 1.85. The minimum atomic E-state index is -4.49. The zero-order valence-electron chi connectivity index (χ0n) is 10.00. The van der Waals surface area contributed by atoms with Crippen LogP contribution < -0.4 is 5.32 Å². The van der Waals surface area contributed by atoms with Crippen LogP contribution in [0.1, 0.15) is 24.1 Å². The second-order valence-corrected chi connectivity index (χ2v) is 5.46. The average Bonchev–Trinajstić information content (AvgIpc) is 2.39. The lowest BCUT2D eigenvalue weighted by Gasteiger charge is -2.23. The molecule has 1 saturated heterocycles. The minimum absolute atomic E-state index is 0.0363. The summed E-state index contributed by atoms with van der Waals surface area (Å²) in [6, 6.07) is 3.95. The van der Waals surface area contributed by atoms with Crippen LogP contribution in [0.25, 0.3) is 0 Å². The first kappa shape index (κ1) is 14.0. The first-order valence-electron chi connectivity index (χ1n) is 5.83. The highest BCUT2D eigenvalue weighted by atomic mass is 32.2. The van der Waals surface area contributed by atoms with E-state index >= 15 is 0 Å². The molecule has 7 heteroatoms. The van der Waals surface area contributed by atoms with Gasteiger partial charge in [0.25, 0.3) is 0 Å². The zero-order chi connectivity index (χ0) is 13.9. The fraction of sp³-hybridized carbons (Fsp3) is 0.500. The van der Waals surface area contributed by atoms with Crippen molar-refractivity contribution >= 4 is 17.6 Å². The van der Waals surface area contributed by atoms with Gasteiger partial charge in [-0.1, -0.05) is 0 Å². The molecule has 0 radical (unpaired) electrons. The molecule has 1 N–H and O–H groups in total. The Balaban J connectivity index is 2.23. The Morgan fingerprint density at radius 3 is 2.58 bits per heavy atom. The van der Waals surface area contributed by atoms with E-state index in [0.717, 1.165) is 36.5 Å². The molecule has 2 rings (SSSR count). The normalized spacial score (nSPS) is 16.9. The third-order valence-corrected chi connectivity index (χ3v) is 3.92. The molecule has 19 heavy (non-hydrogen) atoms. The predicted octanol–water partition coefficient (Wildman–Crippen LogP) is 3.28. The van der Waals surface area contributed by atoms with E-state index in [9.17, 15) is 13.2 Å². The van der Waals surface area contributed by atoms with Gasteiger partial charge in [-0.15, -0.1) is 0 Å². The highest BCUT2D eigenvalue weighted by Gasteiger charge is 2.33. The van der Waals surface area contributed by atoms with Gasteiger partial charge in [0, 0.05) is 6.04 Å². The number of thioether (sulfide) groups is 1. The molecule has 3 nitrogen and oxygen atoms in total. The van der Waals surface area contributed by atoms with Gasteiger partial charge >= 0.3 is 6.18 Å². The lowest BCUT2D eigenvalue weighted by Crippen LogP contribution is -2.26. The molecule has 1 fully saturated rings. The van der Waals surface area contributed by atoms with E-state index in [1.807, 2.05) is 17.8 Å². The number of anilines is 1. The second-order valence-electron chi connectivity index (χ2n) is 4.23. The van der Waals surface area contributed by atoms with Crippen LogP contribution in [0.4, 0.5) is 19.0 Å². The van der Waals surface area contributed by atoms with Gasteiger partial charge < -0.3 is 5.32 Å². The number of nitriles is 1. The van der Waals surface area contributed by atoms with Crippen LogP contribution in [0, 0.1) is 11.3 Å². The van der Waals surface area contributed by atoms with Crippen LogP contribution in [-0.2, 0) is 6.18 Å². The summed E-state index contributed by atoms with van der Waals surface area (Å²) in [5, 5.41) is 11.9. The Kier molecular flexibility index (Phi) is 4.20. The number of alkyl halides is 3. The Morgan fingerprint density at radius 2 is 2.00 bits per heavy atom. The van der Waals surface area contributed by atoms with Crippen molar-refractivity contribution in [3.05, 3.63) is 23.4 Å². The van der Waals surface area contributed by atoms with Gasteiger partial charge in [-0.2, -0.15) is 30.2 Å². The number of pyridine rings is 1. The molecule has 0 spiro atoms. The molecule has 0 amide bonds. The Bertz CT molecular complexity index is 490. The zero-order valence-corrected chi connectivity index (χ0v) is 10.8. The molecule has 2 heterocycles. The summed E-state index contributed by atoms with van der Waals surface area (Å²) in [6.45, 7) is 0. The number of nitrogens with one attached hydrogen (secondary N) is 1. The second kappa shape index (κ2) is 5.70. The summed E-state index contributed by atoms with van der Waals surface area (Å²) in [7, 11) is 0. The number of rotatable bonds is 2. The van der Waals surface area contributed by atoms with Gasteiger partial charge in [-0.25, -0.2) is 4.98 Å². The van der Waals surface area contributed by atoms with Crippen molar-refractivity contribution in [1.82, 2.24) is 4.98 Å². The molecule has 0 saturated carbocycles. The molecular weight excluding hydrogens is 275 g/mol. The molecule has 1 aromatic heterocycles. The molecule has 0 aliphatic carbocycles. The SMILES string of the molecule is N#Cc1ccc(C(F)(F)F)nc1NC1CCSCC1. The van der Waals surface area contributed by atoms with E-state index in [1.165, 1.54) is 0 Å². The van der Waals surface area contributed by atoms with E-state index < -0.39 is 11.9 Å². The standard InChI is InChI=1S/C12H12F3N3S/c13-12(14,15)10-2-1-8(7-16)11(18-10)17-9-3-5-19-6-4-9/h1-2,9H,3-6H2,(H,17,18). The van der Waals surface area contributed by atoms with Crippen molar-refractivity contribution in [3.63, 3.8) is 0 Å². The van der Waals surface area contributed by atoms with Crippen molar-refractivity contribution in [1.29, 1.82) is 5.26 Å². The van der Waals surface area contributed by atoms with Crippen molar-refractivity contribution in [3.8, 4) is 6.07 Å². The summed E-state index contributed by atoms with van der Waals surface area (Å²) in [6.07, 6.45) is -2.76. The number of hydrogen-bond donors (Lipinski definition) is 1. The number of halogens is 3. The Hall–Kier alpha value is -1.42. The number of hydrogen-bond acceptors (Lipinski definition) is 4. The molecule has 0 aromatic carbocycles. The van der Waals surface area contributed by atoms with Gasteiger partial charge in [-0.3, -0.25) is 0 Å². The third-order valence-electron chi connectivity index (χ3n) is 2.87. The van der Waals surface area contributed by atoms with Gasteiger partial charge in [0.05, 0.1) is 5.56 Å². The average molecular weight is 287 g/mol. The first-order valence-corrected chi connectivity index (χ1v) is 6.99. The smallest absolute Gasteiger partial charge is 0.366 e. The van der Waals surface area contributed by atoms with Crippen LogP contribution in [-0.4, -0.2) is 22.5 Å². The van der Waals surface area contributed by atoms with E-state index in [0.29, 0.717) is 0 Å². The fourth-order valence-corrected chi connectivity index (χ4v) is 2.96. The highest BCUT2D eigenvalue weighted by molar-refractivity contribution is 7.99. The topological polar surface area (TPSA) is 48.7 Å². The lowest BCUT2D eigenvalue weighted by molar-refractivity contribution is -0.141. The van der Waals surface area contributed by atoms with Crippen molar-refractivity contribution in [2.75, 3.05) is 16.8 Å². The Morgan fingerprint density at radius 1 is 1.32 bits per heavy atom. The Labute approximate surface area is 113 Å². The molecule has 102 valence electrons. The predicted molar refractivity (Wildman–Crippen MR) is 67.9 cm³/mol. The first-order chi connectivity index (χ1) is 9.00. The molecule has 0 bridgehead atoms. The summed E-state index contributed by atoms with van der Waals surface area (Å²) in [4.78, 5) is 3.54. The number of aromatic nitrogens is 1. The van der Waals surface area contributed by atoms with Gasteiger partial charge in [-0.05, 0) is 36.5 Å². The summed E-state index contributed by atoms with van der Waals surface area (Å²) < 4.78 is 37.8. The third kappa shape index (κ3) is 3.53. The van der Waals surface area contributed by atoms with Crippen LogP contribution in [0.3, 0.4) is 0 Å². The van der Waals surface area contributed by atoms with E-state index in [4.69, 9.17) is 5.26 Å². The van der Waals surface area contributed by atoms with Crippen molar-refractivity contribution < 1.29 is 13.2 Å². The van der Waals surface area contributed by atoms with E-state index in [-0.39, 0.29) is 17.4 Å². The van der Waals surface area contributed by atoms with Gasteiger partial charge in [0.2, 0.25) is 0 Å². The van der Waals surface area contributed by atoms with Crippen molar-refractivity contribution in [2.45, 2.75) is 25.1 Å². The maximum Gasteiger partial charge on any atom is 0.433 e. The lowest BCUT2D eigenvalue weighted by atomic mass is 10.1. The number of nitrogens with zero attached hydrogens (tertiary/aromatic N) is 2. The molecular formula is C12H12F3N3S. The summed E-state index contributed by atoms with van der Waals surface area (Å²) in [5.74, 6) is 1.98. The molecule has 1 aromatic rings. The van der Waals surface area contributed by atoms with Crippen LogP contribution in [0.5, 0.6) is 0 Å². The summed E-state index contributed by atoms with van der Waals surface area (Å²) >= 11 is 1.82. The molecule has 0 unspecified atom stereocenters. The highest BCUT2D eigenvalue weighted by Crippen LogP contribution is 2.30. The van der Waals surface area contributed by atoms with Crippen LogP contribution in [0.15, 0.2) is 12.1 Å². The van der Waals surface area contributed by atoms with E-state index in [1.54, 1.807) is 0 Å². The molecule has 1 aliphatic heterocycles. The van der Waals surface area contributed by atoms with Crippen LogP contribution >= 0.6 is 11.8 Å². The van der Waals surface area contributed by atoms with Gasteiger partial charge in [0.15, 0.2) is 0 Å². The largest absolute Gasteiger partial charge is 0.433 e. The molecule has 1 aliphatic rings. The maximum absolute atomic E-state index is 12.6.